The second-order valence-electron chi connectivity index (χ2n) is 12.7. The lowest BCUT2D eigenvalue weighted by Crippen LogP contribution is -2.58. The van der Waals surface area contributed by atoms with Gasteiger partial charge >= 0.3 is 11.9 Å². The Hall–Kier alpha value is -4.53. The molecule has 5 amide bonds. The Morgan fingerprint density at radius 1 is 0.958 bits per heavy atom. The second kappa shape index (κ2) is 17.6. The van der Waals surface area contributed by atoms with Crippen LogP contribution >= 0.6 is 0 Å². The third kappa shape index (κ3) is 10.8. The van der Waals surface area contributed by atoms with Crippen molar-refractivity contribution in [2.75, 3.05) is 6.54 Å². The van der Waals surface area contributed by atoms with E-state index in [1.54, 1.807) is 6.92 Å². The quantitative estimate of drug-likeness (QED) is 0.0979. The standard InChI is InChI=1S/C33H47N5O10/c1-4-18(2)29(34-19(3)39)32(47)36-24(12-13-27(41)42)33(48)38-17-23(15-25(38)31(46)37-26(40)16-28(43)44)35-30(45)22-11-7-10-20-8-5-6-9-21(20)14-22/h5-6,8-9,18,22-26,29,40H,4,7,10-17H2,1-3H3,(H,34,39)(H,35,45)(H,36,47)(H,37,46)(H,41,42)(H,43,44)/t18-,22?,23-,24-,25-,26+,29-/m0/s1. The zero-order valence-electron chi connectivity index (χ0n) is 27.6. The van der Waals surface area contributed by atoms with Crippen LogP contribution in [0.2, 0.25) is 0 Å². The molecular weight excluding hydrogens is 626 g/mol. The predicted molar refractivity (Wildman–Crippen MR) is 171 cm³/mol. The van der Waals surface area contributed by atoms with Gasteiger partial charge in [-0.3, -0.25) is 33.6 Å². The minimum absolute atomic E-state index is 0.0760. The molecule has 2 aliphatic rings. The summed E-state index contributed by atoms with van der Waals surface area (Å²) in [7, 11) is 0. The lowest BCUT2D eigenvalue weighted by Gasteiger charge is -2.31. The molecule has 1 aromatic rings. The number of aryl methyl sites for hydroxylation is 1. The largest absolute Gasteiger partial charge is 0.481 e. The van der Waals surface area contributed by atoms with E-state index in [4.69, 9.17) is 5.11 Å². The third-order valence-corrected chi connectivity index (χ3v) is 8.98. The van der Waals surface area contributed by atoms with E-state index in [0.717, 1.165) is 23.3 Å². The first-order valence-corrected chi connectivity index (χ1v) is 16.4. The molecule has 15 heteroatoms. The first kappa shape index (κ1) is 37.9. The Morgan fingerprint density at radius 2 is 1.65 bits per heavy atom. The van der Waals surface area contributed by atoms with Gasteiger partial charge < -0.3 is 41.5 Å². The molecule has 1 unspecified atom stereocenters. The lowest BCUT2D eigenvalue weighted by molar-refractivity contribution is -0.145. The zero-order valence-corrected chi connectivity index (χ0v) is 27.6. The number of carbonyl (C=O) groups excluding carboxylic acids is 5. The summed E-state index contributed by atoms with van der Waals surface area (Å²) >= 11 is 0. The molecule has 264 valence electrons. The number of nitrogens with one attached hydrogen (secondary N) is 4. The van der Waals surface area contributed by atoms with E-state index >= 15 is 0 Å². The highest BCUT2D eigenvalue weighted by Gasteiger charge is 2.44. The summed E-state index contributed by atoms with van der Waals surface area (Å²) in [5, 5.41) is 38.8. The van der Waals surface area contributed by atoms with Crippen molar-refractivity contribution >= 4 is 41.5 Å². The zero-order chi connectivity index (χ0) is 35.5. The number of likely N-dealkylation sites (tertiary alicyclic amines) is 1. The van der Waals surface area contributed by atoms with Crippen LogP contribution in [0.3, 0.4) is 0 Å². The van der Waals surface area contributed by atoms with Gasteiger partial charge in [0.05, 0.1) is 6.42 Å². The van der Waals surface area contributed by atoms with Gasteiger partial charge in [-0.05, 0) is 55.6 Å². The molecule has 0 saturated carbocycles. The molecule has 1 heterocycles. The molecule has 1 aliphatic carbocycles. The number of nitrogens with zero attached hydrogens (tertiary/aromatic N) is 1. The van der Waals surface area contributed by atoms with Crippen molar-refractivity contribution in [1.29, 1.82) is 0 Å². The van der Waals surface area contributed by atoms with Crippen molar-refractivity contribution in [1.82, 2.24) is 26.2 Å². The molecule has 3 rings (SSSR count). The van der Waals surface area contributed by atoms with Gasteiger partial charge in [-0.2, -0.15) is 0 Å². The van der Waals surface area contributed by atoms with Gasteiger partial charge in [-0.25, -0.2) is 0 Å². The molecule has 15 nitrogen and oxygen atoms in total. The van der Waals surface area contributed by atoms with E-state index in [1.165, 1.54) is 12.5 Å². The van der Waals surface area contributed by atoms with E-state index in [2.05, 4.69) is 21.3 Å². The fraction of sp³-hybridized carbons (Fsp3) is 0.606. The van der Waals surface area contributed by atoms with Gasteiger partial charge in [-0.15, -0.1) is 0 Å². The van der Waals surface area contributed by atoms with Crippen molar-refractivity contribution in [3.63, 3.8) is 0 Å². The summed E-state index contributed by atoms with van der Waals surface area (Å²) in [5.41, 5.74) is 2.26. The molecule has 48 heavy (non-hydrogen) atoms. The van der Waals surface area contributed by atoms with E-state index in [9.17, 15) is 43.8 Å². The van der Waals surface area contributed by atoms with Crippen molar-refractivity contribution < 1.29 is 48.9 Å². The molecule has 1 fully saturated rings. The van der Waals surface area contributed by atoms with Crippen LogP contribution in [0.5, 0.6) is 0 Å². The van der Waals surface area contributed by atoms with E-state index in [0.29, 0.717) is 19.3 Å². The Kier molecular flexibility index (Phi) is 13.9. The SMILES string of the molecule is CC[C@H](C)[C@H](NC(C)=O)C(=O)N[C@@H](CCC(=O)O)C(=O)N1C[C@@H](NC(=O)C2CCCc3ccccc3C2)C[C@H]1C(=O)N[C@H](O)CC(=O)O. The number of hydrogen-bond acceptors (Lipinski definition) is 8. The van der Waals surface area contributed by atoms with Gasteiger partial charge in [0, 0.05) is 31.8 Å². The number of amides is 5. The molecule has 7 N–H and O–H groups in total. The monoisotopic (exact) mass is 673 g/mol. The third-order valence-electron chi connectivity index (χ3n) is 8.98. The molecule has 1 aliphatic heterocycles. The maximum absolute atomic E-state index is 14.1. The number of aliphatic hydroxyl groups excluding tert-OH is 1. The molecule has 0 aromatic heterocycles. The Labute approximate surface area is 279 Å². The van der Waals surface area contributed by atoms with Crippen LogP contribution in [0.25, 0.3) is 0 Å². The predicted octanol–water partition coefficient (Wildman–Crippen LogP) is 0.0770. The van der Waals surface area contributed by atoms with Crippen LogP contribution in [0, 0.1) is 11.8 Å². The number of rotatable bonds is 15. The first-order valence-electron chi connectivity index (χ1n) is 16.4. The minimum atomic E-state index is -1.76. The van der Waals surface area contributed by atoms with Gasteiger partial charge in [0.25, 0.3) is 0 Å². The second-order valence-corrected chi connectivity index (χ2v) is 12.7. The number of aliphatic hydroxyl groups is 1. The van der Waals surface area contributed by atoms with Gasteiger partial charge in [-0.1, -0.05) is 44.5 Å². The number of carbonyl (C=O) groups is 7. The van der Waals surface area contributed by atoms with Gasteiger partial charge in [0.1, 0.15) is 24.4 Å². The summed E-state index contributed by atoms with van der Waals surface area (Å²) in [6, 6.07) is 3.47. The molecule has 1 aromatic carbocycles. The molecule has 0 radical (unpaired) electrons. The number of carboxylic acids is 2. The van der Waals surface area contributed by atoms with Crippen molar-refractivity contribution in [2.24, 2.45) is 11.8 Å². The minimum Gasteiger partial charge on any atom is -0.481 e. The van der Waals surface area contributed by atoms with E-state index < -0.39 is 78.8 Å². The molecule has 7 atom stereocenters. The number of carboxylic acid groups (broad SMARTS) is 2. The van der Waals surface area contributed by atoms with Crippen LogP contribution in [-0.4, -0.2) is 98.6 Å². The topological polar surface area (TPSA) is 232 Å². The van der Waals surface area contributed by atoms with E-state index in [1.807, 2.05) is 31.2 Å². The summed E-state index contributed by atoms with van der Waals surface area (Å²) in [4.78, 5) is 89.8. The molecular formula is C33H47N5O10. The summed E-state index contributed by atoms with van der Waals surface area (Å²) in [6.07, 6.45) is -0.160. The smallest absolute Gasteiger partial charge is 0.307 e. The fourth-order valence-electron chi connectivity index (χ4n) is 6.27. The van der Waals surface area contributed by atoms with Crippen LogP contribution in [0.1, 0.15) is 76.8 Å². The number of aliphatic carboxylic acids is 2. The Morgan fingerprint density at radius 3 is 2.27 bits per heavy atom. The van der Waals surface area contributed by atoms with Crippen LogP contribution in [-0.2, 0) is 46.4 Å². The molecule has 1 saturated heterocycles. The number of benzene rings is 1. The average molecular weight is 674 g/mol. The van der Waals surface area contributed by atoms with E-state index in [-0.39, 0.29) is 37.1 Å². The van der Waals surface area contributed by atoms with Crippen molar-refractivity contribution in [3.05, 3.63) is 35.4 Å². The molecule has 0 bridgehead atoms. The fourth-order valence-corrected chi connectivity index (χ4v) is 6.27. The highest BCUT2D eigenvalue weighted by atomic mass is 16.4. The summed E-state index contributed by atoms with van der Waals surface area (Å²) < 4.78 is 0. The summed E-state index contributed by atoms with van der Waals surface area (Å²) in [5.74, 6) is -6.40. The Bertz CT molecular complexity index is 1370. The lowest BCUT2D eigenvalue weighted by atomic mass is 9.95. The summed E-state index contributed by atoms with van der Waals surface area (Å²) in [6.45, 7) is 4.62. The Balaban J connectivity index is 1.85. The first-order chi connectivity index (χ1) is 22.7. The van der Waals surface area contributed by atoms with Gasteiger partial charge in [0.15, 0.2) is 0 Å². The maximum Gasteiger partial charge on any atom is 0.307 e. The maximum atomic E-state index is 14.1. The highest BCUT2D eigenvalue weighted by Crippen LogP contribution is 2.26. The number of fused-ring (bicyclic) bond motifs is 1. The van der Waals surface area contributed by atoms with Crippen LogP contribution in [0.4, 0.5) is 0 Å². The normalized spacial score (nSPS) is 21.3. The average Bonchev–Trinajstić information content (AvgIpc) is 3.31. The number of hydrogen-bond donors (Lipinski definition) is 7. The van der Waals surface area contributed by atoms with Crippen molar-refractivity contribution in [2.45, 2.75) is 109 Å². The van der Waals surface area contributed by atoms with Crippen LogP contribution in [0.15, 0.2) is 24.3 Å². The van der Waals surface area contributed by atoms with Crippen molar-refractivity contribution in [3.8, 4) is 0 Å². The van der Waals surface area contributed by atoms with Crippen LogP contribution < -0.4 is 21.3 Å². The van der Waals surface area contributed by atoms with Gasteiger partial charge in [0.2, 0.25) is 29.5 Å². The molecule has 0 spiro atoms. The highest BCUT2D eigenvalue weighted by molar-refractivity contribution is 5.95.